The average molecular weight is 424 g/mol. The molecule has 0 fully saturated rings. The number of anilines is 1. The lowest BCUT2D eigenvalue weighted by atomic mass is 10.1. The van der Waals surface area contributed by atoms with Gasteiger partial charge < -0.3 is 9.72 Å². The molecule has 0 atom stereocenters. The van der Waals surface area contributed by atoms with E-state index in [2.05, 4.69) is 4.98 Å². The minimum absolute atomic E-state index is 0.206. The Morgan fingerprint density at radius 3 is 2.12 bits per heavy atom. The zero-order chi connectivity index (χ0) is 22.2. The zero-order valence-electron chi connectivity index (χ0n) is 16.7. The maximum absolute atomic E-state index is 12.6. The fraction of sp³-hybridized carbons (Fsp3) is 0.0400. The molecule has 32 heavy (non-hydrogen) atoms. The molecular formula is C25H16N2O5. The molecular weight excluding hydrogens is 408 g/mol. The van der Waals surface area contributed by atoms with Gasteiger partial charge in [-0.25, -0.2) is 9.69 Å². The first kappa shape index (κ1) is 19.4. The smallest absolute Gasteiger partial charge is 0.338 e. The Labute approximate surface area is 182 Å². The monoisotopic (exact) mass is 424 g/mol. The molecule has 3 aromatic carbocycles. The highest BCUT2D eigenvalue weighted by atomic mass is 16.5. The van der Waals surface area contributed by atoms with Crippen molar-refractivity contribution in [3.05, 3.63) is 101 Å². The van der Waals surface area contributed by atoms with E-state index in [0.717, 1.165) is 15.8 Å². The number of nitrogens with one attached hydrogen (secondary N) is 1. The molecule has 0 bridgehead atoms. The van der Waals surface area contributed by atoms with Crippen LogP contribution in [0.25, 0.3) is 10.9 Å². The predicted octanol–water partition coefficient (Wildman–Crippen LogP) is 4.01. The third kappa shape index (κ3) is 3.16. The van der Waals surface area contributed by atoms with E-state index in [4.69, 9.17) is 4.74 Å². The Hall–Kier alpha value is -4.52. The van der Waals surface area contributed by atoms with Gasteiger partial charge in [0.1, 0.15) is 0 Å². The number of esters is 1. The number of rotatable bonds is 5. The minimum Gasteiger partial charge on any atom is -0.454 e. The highest BCUT2D eigenvalue weighted by Gasteiger charge is 2.36. The van der Waals surface area contributed by atoms with Crippen molar-refractivity contribution in [2.24, 2.45) is 0 Å². The second kappa shape index (κ2) is 7.63. The van der Waals surface area contributed by atoms with Crippen LogP contribution in [0.15, 0.2) is 79.0 Å². The molecule has 0 aliphatic carbocycles. The number of para-hydroxylation sites is 1. The molecule has 7 nitrogen and oxygen atoms in total. The number of carbonyl (C=O) groups is 4. The summed E-state index contributed by atoms with van der Waals surface area (Å²) in [5.74, 6) is -1.82. The lowest BCUT2D eigenvalue weighted by Gasteiger charge is -2.14. The normalized spacial score (nSPS) is 12.8. The van der Waals surface area contributed by atoms with Crippen molar-refractivity contribution in [3.8, 4) is 0 Å². The van der Waals surface area contributed by atoms with Gasteiger partial charge in [-0.2, -0.15) is 0 Å². The van der Waals surface area contributed by atoms with Gasteiger partial charge in [-0.15, -0.1) is 0 Å². The van der Waals surface area contributed by atoms with E-state index in [1.165, 1.54) is 24.3 Å². The number of imide groups is 1. The van der Waals surface area contributed by atoms with Crippen LogP contribution in [0.3, 0.4) is 0 Å². The molecule has 0 saturated carbocycles. The summed E-state index contributed by atoms with van der Waals surface area (Å²) in [7, 11) is 0. The van der Waals surface area contributed by atoms with Gasteiger partial charge in [-0.1, -0.05) is 30.3 Å². The average Bonchev–Trinajstić information content (AvgIpc) is 3.37. The van der Waals surface area contributed by atoms with E-state index in [1.54, 1.807) is 30.5 Å². The summed E-state index contributed by atoms with van der Waals surface area (Å²) in [5.41, 5.74) is 2.52. The van der Waals surface area contributed by atoms with Crippen molar-refractivity contribution in [2.75, 3.05) is 11.5 Å². The quantitative estimate of drug-likeness (QED) is 0.297. The molecule has 2 amide bonds. The van der Waals surface area contributed by atoms with Crippen molar-refractivity contribution >= 4 is 40.2 Å². The molecule has 4 aromatic rings. The maximum atomic E-state index is 12.6. The summed E-state index contributed by atoms with van der Waals surface area (Å²) in [6.07, 6.45) is 1.59. The van der Waals surface area contributed by atoms with Crippen LogP contribution < -0.4 is 4.90 Å². The number of aromatic amines is 1. The van der Waals surface area contributed by atoms with E-state index in [0.29, 0.717) is 22.4 Å². The van der Waals surface area contributed by atoms with Crippen LogP contribution in [-0.2, 0) is 4.74 Å². The van der Waals surface area contributed by atoms with E-state index in [9.17, 15) is 19.2 Å². The number of carbonyl (C=O) groups excluding carboxylic acids is 4. The van der Waals surface area contributed by atoms with E-state index >= 15 is 0 Å². The first-order valence-electron chi connectivity index (χ1n) is 9.89. The molecule has 1 N–H and O–H groups in total. The number of aromatic nitrogens is 1. The third-order valence-corrected chi connectivity index (χ3v) is 5.38. The second-order valence-corrected chi connectivity index (χ2v) is 7.29. The predicted molar refractivity (Wildman–Crippen MR) is 117 cm³/mol. The summed E-state index contributed by atoms with van der Waals surface area (Å²) < 4.78 is 5.17. The Bertz CT molecular complexity index is 1370. The molecule has 1 aliphatic rings. The number of hydrogen-bond acceptors (Lipinski definition) is 5. The zero-order valence-corrected chi connectivity index (χ0v) is 16.7. The van der Waals surface area contributed by atoms with E-state index < -0.39 is 24.4 Å². The number of ether oxygens (including phenoxy) is 1. The molecule has 1 aromatic heterocycles. The van der Waals surface area contributed by atoms with Gasteiger partial charge in [0.25, 0.3) is 11.8 Å². The number of amides is 2. The Kier molecular flexibility index (Phi) is 4.63. The van der Waals surface area contributed by atoms with Gasteiger partial charge in [-0.3, -0.25) is 14.4 Å². The maximum Gasteiger partial charge on any atom is 0.338 e. The van der Waals surface area contributed by atoms with Crippen LogP contribution in [0.5, 0.6) is 0 Å². The minimum atomic E-state index is -0.674. The van der Waals surface area contributed by atoms with Crippen LogP contribution in [0.1, 0.15) is 41.4 Å². The van der Waals surface area contributed by atoms with Crippen LogP contribution in [0.2, 0.25) is 0 Å². The topological polar surface area (TPSA) is 96.5 Å². The molecule has 156 valence electrons. The summed E-state index contributed by atoms with van der Waals surface area (Å²) in [6, 6.07) is 19.9. The molecule has 0 spiro atoms. The molecule has 0 saturated heterocycles. The molecule has 1 aliphatic heterocycles. The lowest BCUT2D eigenvalue weighted by molar-refractivity contribution is 0.0475. The number of hydrogen-bond donors (Lipinski definition) is 1. The Balaban J connectivity index is 1.27. The van der Waals surface area contributed by atoms with Gasteiger partial charge in [0.15, 0.2) is 6.61 Å². The first-order valence-corrected chi connectivity index (χ1v) is 9.89. The number of ketones is 1. The number of nitrogens with zero attached hydrogens (tertiary/aromatic N) is 1. The number of benzene rings is 3. The van der Waals surface area contributed by atoms with Crippen molar-refractivity contribution in [1.82, 2.24) is 4.98 Å². The van der Waals surface area contributed by atoms with Crippen LogP contribution in [0.4, 0.5) is 5.69 Å². The van der Waals surface area contributed by atoms with Crippen molar-refractivity contribution in [2.45, 2.75) is 0 Å². The highest BCUT2D eigenvalue weighted by molar-refractivity contribution is 6.34. The Morgan fingerprint density at radius 1 is 0.812 bits per heavy atom. The van der Waals surface area contributed by atoms with Crippen molar-refractivity contribution in [3.63, 3.8) is 0 Å². The largest absolute Gasteiger partial charge is 0.454 e. The molecule has 0 unspecified atom stereocenters. The number of Topliss-reactive ketones (excluding diaryl/α,β-unsaturated/α-hetero) is 1. The van der Waals surface area contributed by atoms with Crippen LogP contribution >= 0.6 is 0 Å². The first-order chi connectivity index (χ1) is 15.5. The molecule has 0 radical (unpaired) electrons. The van der Waals surface area contributed by atoms with Gasteiger partial charge in [-0.05, 0) is 42.5 Å². The molecule has 2 heterocycles. The fourth-order valence-electron chi connectivity index (χ4n) is 3.76. The lowest BCUT2D eigenvalue weighted by Crippen LogP contribution is -2.29. The second-order valence-electron chi connectivity index (χ2n) is 7.29. The summed E-state index contributed by atoms with van der Waals surface area (Å²) in [5, 5.41) is 0.763. The van der Waals surface area contributed by atoms with Gasteiger partial charge in [0.2, 0.25) is 5.78 Å². The summed E-state index contributed by atoms with van der Waals surface area (Å²) in [6.45, 7) is -0.402. The summed E-state index contributed by atoms with van der Waals surface area (Å²) in [4.78, 5) is 54.1. The molecule has 7 heteroatoms. The fourth-order valence-corrected chi connectivity index (χ4v) is 3.76. The van der Waals surface area contributed by atoms with Gasteiger partial charge in [0.05, 0.1) is 22.4 Å². The Morgan fingerprint density at radius 2 is 1.44 bits per heavy atom. The van der Waals surface area contributed by atoms with Crippen molar-refractivity contribution < 1.29 is 23.9 Å². The van der Waals surface area contributed by atoms with Crippen molar-refractivity contribution in [1.29, 1.82) is 0 Å². The number of H-pyrrole nitrogens is 1. The third-order valence-electron chi connectivity index (χ3n) is 5.38. The summed E-state index contributed by atoms with van der Waals surface area (Å²) >= 11 is 0. The van der Waals surface area contributed by atoms with E-state index in [-0.39, 0.29) is 11.3 Å². The van der Waals surface area contributed by atoms with E-state index in [1.807, 2.05) is 24.3 Å². The van der Waals surface area contributed by atoms with Gasteiger partial charge in [0, 0.05) is 22.7 Å². The van der Waals surface area contributed by atoms with Crippen LogP contribution in [0, 0.1) is 0 Å². The highest BCUT2D eigenvalue weighted by Crippen LogP contribution is 2.28. The van der Waals surface area contributed by atoms with Gasteiger partial charge >= 0.3 is 5.97 Å². The molecule has 5 rings (SSSR count). The van der Waals surface area contributed by atoms with Crippen LogP contribution in [-0.4, -0.2) is 35.2 Å². The number of fused-ring (bicyclic) bond motifs is 2. The standard InChI is InChI=1S/C25H16N2O5/c28-22(20-13-26-21-8-4-3-5-17(20)21)14-32-25(31)15-9-11-16(12-10-15)27-23(29)18-6-1-2-7-19(18)24(27)30/h1-13,26H,14H2. The SMILES string of the molecule is O=C(OCC(=O)c1c[nH]c2ccccc12)c1ccc(N2C(=O)c3ccccc3C2=O)cc1.